The Balaban J connectivity index is 2.25. The molecule has 0 fully saturated rings. The topological polar surface area (TPSA) is 72.5 Å². The molecule has 0 aromatic carbocycles. The van der Waals surface area contributed by atoms with Gasteiger partial charge in [-0.25, -0.2) is 13.6 Å². The van der Waals surface area contributed by atoms with Crippen LogP contribution >= 0.6 is 22.7 Å². The van der Waals surface area contributed by atoms with Crippen LogP contribution in [0.1, 0.15) is 18.7 Å². The number of hydrogen-bond donors (Lipinski definition) is 1. The zero-order valence-corrected chi connectivity index (χ0v) is 12.5. The standard InChI is InChI=1S/C11H14N2O2S3/c1-7(2)5-13-6-9-3-8-4-10(18(12,14)15)17-11(8)16-9/h3-4,6-7H,5H2,1-2H3,(H2,12,14,15)/b13-6+. The molecule has 2 heterocycles. The van der Waals surface area contributed by atoms with E-state index in [1.807, 2.05) is 12.3 Å². The van der Waals surface area contributed by atoms with Crippen molar-refractivity contribution in [3.8, 4) is 0 Å². The number of rotatable bonds is 4. The molecule has 0 unspecified atom stereocenters. The summed E-state index contributed by atoms with van der Waals surface area (Å²) in [6, 6.07) is 3.56. The third kappa shape index (κ3) is 3.17. The van der Waals surface area contributed by atoms with Crippen molar-refractivity contribution in [2.45, 2.75) is 18.1 Å². The van der Waals surface area contributed by atoms with Gasteiger partial charge in [0.2, 0.25) is 10.0 Å². The fourth-order valence-electron chi connectivity index (χ4n) is 1.39. The highest BCUT2D eigenvalue weighted by Gasteiger charge is 2.13. The number of primary sulfonamides is 1. The highest BCUT2D eigenvalue weighted by atomic mass is 32.2. The Kier molecular flexibility index (Phi) is 3.86. The first kappa shape index (κ1) is 13.7. The Morgan fingerprint density at radius 3 is 2.67 bits per heavy atom. The molecule has 2 N–H and O–H groups in total. The summed E-state index contributed by atoms with van der Waals surface area (Å²) in [6.45, 7) is 5.03. The van der Waals surface area contributed by atoms with Crippen LogP contribution in [0, 0.1) is 5.92 Å². The summed E-state index contributed by atoms with van der Waals surface area (Å²) in [5.41, 5.74) is 0. The molecule has 0 atom stereocenters. The fourth-order valence-corrected chi connectivity index (χ4v) is 4.65. The van der Waals surface area contributed by atoms with Crippen LogP contribution in [-0.2, 0) is 10.0 Å². The highest BCUT2D eigenvalue weighted by molar-refractivity contribution is 7.91. The molecule has 2 aromatic rings. The van der Waals surface area contributed by atoms with E-state index in [2.05, 4.69) is 18.8 Å². The molecule has 2 aromatic heterocycles. The van der Waals surface area contributed by atoms with Gasteiger partial charge < -0.3 is 0 Å². The second-order valence-electron chi connectivity index (χ2n) is 4.39. The van der Waals surface area contributed by atoms with E-state index in [-0.39, 0.29) is 4.21 Å². The smallest absolute Gasteiger partial charge is 0.247 e. The summed E-state index contributed by atoms with van der Waals surface area (Å²) in [5, 5.41) is 6.01. The SMILES string of the molecule is CC(C)C/N=C/c1cc2cc(S(N)(=O)=O)sc2s1. The quantitative estimate of drug-likeness (QED) is 0.882. The lowest BCUT2D eigenvalue weighted by Gasteiger charge is -1.95. The van der Waals surface area contributed by atoms with Crippen molar-refractivity contribution >= 4 is 48.3 Å². The van der Waals surface area contributed by atoms with E-state index in [9.17, 15) is 8.42 Å². The predicted octanol–water partition coefficient (Wildman–Crippen LogP) is 2.69. The number of thiophene rings is 2. The third-order valence-electron chi connectivity index (χ3n) is 2.18. The van der Waals surface area contributed by atoms with E-state index in [0.717, 1.165) is 20.8 Å². The summed E-state index contributed by atoms with van der Waals surface area (Å²) in [4.78, 5) is 5.37. The van der Waals surface area contributed by atoms with E-state index in [1.54, 1.807) is 6.07 Å². The summed E-state index contributed by atoms with van der Waals surface area (Å²) in [6.07, 6.45) is 1.84. The molecule has 18 heavy (non-hydrogen) atoms. The number of aliphatic imine (C=N–C) groups is 1. The molecule has 0 saturated heterocycles. The van der Waals surface area contributed by atoms with Crippen molar-refractivity contribution in [1.82, 2.24) is 0 Å². The highest BCUT2D eigenvalue weighted by Crippen LogP contribution is 2.34. The molecule has 0 aliphatic rings. The Labute approximate surface area is 114 Å². The van der Waals surface area contributed by atoms with Gasteiger partial charge in [0, 0.05) is 23.0 Å². The van der Waals surface area contributed by atoms with E-state index >= 15 is 0 Å². The zero-order valence-electron chi connectivity index (χ0n) is 10.1. The number of nitrogens with zero attached hydrogens (tertiary/aromatic N) is 1. The maximum atomic E-state index is 11.2. The van der Waals surface area contributed by atoms with Crippen LogP contribution in [0.25, 0.3) is 9.40 Å². The number of sulfonamides is 1. The summed E-state index contributed by atoms with van der Waals surface area (Å²) in [7, 11) is -3.58. The monoisotopic (exact) mass is 302 g/mol. The Morgan fingerprint density at radius 1 is 1.39 bits per heavy atom. The average molecular weight is 302 g/mol. The summed E-state index contributed by atoms with van der Waals surface area (Å²) >= 11 is 2.74. The van der Waals surface area contributed by atoms with Gasteiger partial charge in [-0.15, -0.1) is 22.7 Å². The van der Waals surface area contributed by atoms with Gasteiger partial charge in [-0.2, -0.15) is 0 Å². The van der Waals surface area contributed by atoms with Crippen molar-refractivity contribution < 1.29 is 8.42 Å². The van der Waals surface area contributed by atoms with Gasteiger partial charge in [0.15, 0.2) is 0 Å². The molecule has 4 nitrogen and oxygen atoms in total. The average Bonchev–Trinajstić information content (AvgIpc) is 2.72. The minimum absolute atomic E-state index is 0.217. The van der Waals surface area contributed by atoms with E-state index < -0.39 is 10.0 Å². The van der Waals surface area contributed by atoms with E-state index in [4.69, 9.17) is 5.14 Å². The molecule has 0 spiro atoms. The van der Waals surface area contributed by atoms with Crippen LogP contribution in [0.3, 0.4) is 0 Å². The zero-order chi connectivity index (χ0) is 13.3. The van der Waals surface area contributed by atoms with Gasteiger partial charge in [-0.05, 0) is 18.1 Å². The first-order valence-corrected chi connectivity index (χ1v) is 8.60. The Morgan fingerprint density at radius 2 is 2.11 bits per heavy atom. The van der Waals surface area contributed by atoms with Gasteiger partial charge in [-0.1, -0.05) is 13.8 Å². The fraction of sp³-hybridized carbons (Fsp3) is 0.364. The third-order valence-corrected chi connectivity index (χ3v) is 5.93. The summed E-state index contributed by atoms with van der Waals surface area (Å²) in [5.74, 6) is 0.538. The maximum absolute atomic E-state index is 11.2. The largest absolute Gasteiger partial charge is 0.291 e. The van der Waals surface area contributed by atoms with Gasteiger partial charge in [0.25, 0.3) is 0 Å². The lowest BCUT2D eigenvalue weighted by Crippen LogP contribution is -2.09. The molecule has 0 radical (unpaired) electrons. The van der Waals surface area contributed by atoms with Crippen molar-refractivity contribution in [1.29, 1.82) is 0 Å². The molecule has 0 bridgehead atoms. The van der Waals surface area contributed by atoms with Crippen LogP contribution in [-0.4, -0.2) is 21.2 Å². The molecular weight excluding hydrogens is 288 g/mol. The minimum Gasteiger partial charge on any atom is -0.291 e. The van der Waals surface area contributed by atoms with Gasteiger partial charge in [0.1, 0.15) is 4.21 Å². The van der Waals surface area contributed by atoms with Crippen LogP contribution < -0.4 is 5.14 Å². The van der Waals surface area contributed by atoms with Crippen LogP contribution in [0.15, 0.2) is 21.3 Å². The van der Waals surface area contributed by atoms with Gasteiger partial charge in [0.05, 0.1) is 4.01 Å². The molecular formula is C11H14N2O2S3. The van der Waals surface area contributed by atoms with Gasteiger partial charge in [-0.3, -0.25) is 4.99 Å². The van der Waals surface area contributed by atoms with Crippen LogP contribution in [0.4, 0.5) is 0 Å². The lowest BCUT2D eigenvalue weighted by molar-refractivity contribution is 0.600. The number of nitrogens with two attached hydrogens (primary N) is 1. The molecule has 0 aliphatic heterocycles. The molecule has 0 amide bonds. The summed E-state index contributed by atoms with van der Waals surface area (Å²) < 4.78 is 23.6. The van der Waals surface area contributed by atoms with Crippen molar-refractivity contribution in [2.24, 2.45) is 16.0 Å². The molecule has 0 aliphatic carbocycles. The number of hydrogen-bond acceptors (Lipinski definition) is 5. The minimum atomic E-state index is -3.58. The molecule has 7 heteroatoms. The van der Waals surface area contributed by atoms with Crippen molar-refractivity contribution in [2.75, 3.05) is 6.54 Å². The second-order valence-corrected chi connectivity index (χ2v) is 8.57. The molecule has 98 valence electrons. The second kappa shape index (κ2) is 5.08. The number of fused-ring (bicyclic) bond motifs is 1. The normalized spacial score (nSPS) is 13.1. The Bertz CT molecular complexity index is 649. The van der Waals surface area contributed by atoms with Crippen LogP contribution in [0.5, 0.6) is 0 Å². The lowest BCUT2D eigenvalue weighted by atomic mass is 10.2. The first-order chi connectivity index (χ1) is 8.36. The van der Waals surface area contributed by atoms with Crippen LogP contribution in [0.2, 0.25) is 0 Å². The predicted molar refractivity (Wildman–Crippen MR) is 78.4 cm³/mol. The van der Waals surface area contributed by atoms with E-state index in [0.29, 0.717) is 5.92 Å². The van der Waals surface area contributed by atoms with Crippen molar-refractivity contribution in [3.63, 3.8) is 0 Å². The van der Waals surface area contributed by atoms with E-state index in [1.165, 1.54) is 22.7 Å². The molecule has 2 rings (SSSR count). The molecule has 0 saturated carbocycles. The first-order valence-electron chi connectivity index (χ1n) is 5.42. The van der Waals surface area contributed by atoms with Gasteiger partial charge >= 0.3 is 0 Å². The Hall–Kier alpha value is -0.760. The maximum Gasteiger partial charge on any atom is 0.247 e. The van der Waals surface area contributed by atoms with Crippen molar-refractivity contribution in [3.05, 3.63) is 17.0 Å².